The second kappa shape index (κ2) is 3.55. The van der Waals surface area contributed by atoms with Crippen LogP contribution in [0.1, 0.15) is 13.8 Å². The summed E-state index contributed by atoms with van der Waals surface area (Å²) in [6.07, 6.45) is 1.45. The monoisotopic (exact) mass is 205 g/mol. The fraction of sp³-hybridized carbons (Fsp3) is 0.364. The molecule has 1 heterocycles. The SMILES string of the molecule is CC(C)(CN)Nc1ccc2ncoc2c1. The van der Waals surface area contributed by atoms with Crippen molar-refractivity contribution < 1.29 is 4.42 Å². The zero-order valence-electron chi connectivity index (χ0n) is 8.95. The molecule has 0 atom stereocenters. The van der Waals surface area contributed by atoms with E-state index in [-0.39, 0.29) is 5.54 Å². The molecule has 4 nitrogen and oxygen atoms in total. The molecular weight excluding hydrogens is 190 g/mol. The fourth-order valence-electron chi connectivity index (χ4n) is 1.37. The zero-order valence-corrected chi connectivity index (χ0v) is 8.95. The summed E-state index contributed by atoms with van der Waals surface area (Å²) in [5.41, 5.74) is 8.18. The van der Waals surface area contributed by atoms with E-state index in [1.807, 2.05) is 18.2 Å². The molecular formula is C11H15N3O. The van der Waals surface area contributed by atoms with E-state index in [0.717, 1.165) is 16.8 Å². The second-order valence-corrected chi connectivity index (χ2v) is 4.25. The van der Waals surface area contributed by atoms with Gasteiger partial charge in [0, 0.05) is 23.8 Å². The van der Waals surface area contributed by atoms with Crippen LogP contribution in [0.3, 0.4) is 0 Å². The van der Waals surface area contributed by atoms with Crippen molar-refractivity contribution in [3.63, 3.8) is 0 Å². The van der Waals surface area contributed by atoms with Crippen LogP contribution in [0.25, 0.3) is 11.1 Å². The molecule has 0 aliphatic heterocycles. The Hall–Kier alpha value is -1.55. The van der Waals surface area contributed by atoms with Gasteiger partial charge in [0.05, 0.1) is 0 Å². The lowest BCUT2D eigenvalue weighted by atomic mass is 10.1. The Kier molecular flexibility index (Phi) is 2.36. The minimum Gasteiger partial charge on any atom is -0.443 e. The zero-order chi connectivity index (χ0) is 10.9. The summed E-state index contributed by atoms with van der Waals surface area (Å²) in [6, 6.07) is 5.83. The Morgan fingerprint density at radius 3 is 3.00 bits per heavy atom. The highest BCUT2D eigenvalue weighted by Crippen LogP contribution is 2.20. The summed E-state index contributed by atoms with van der Waals surface area (Å²) in [5.74, 6) is 0. The van der Waals surface area contributed by atoms with Crippen molar-refractivity contribution in [2.24, 2.45) is 5.73 Å². The number of nitrogens with one attached hydrogen (secondary N) is 1. The number of aromatic nitrogens is 1. The first kappa shape index (κ1) is 9.98. The van der Waals surface area contributed by atoms with Gasteiger partial charge < -0.3 is 15.5 Å². The Labute approximate surface area is 88.5 Å². The van der Waals surface area contributed by atoms with Crippen molar-refractivity contribution in [2.45, 2.75) is 19.4 Å². The molecule has 0 radical (unpaired) electrons. The number of benzene rings is 1. The number of anilines is 1. The number of rotatable bonds is 3. The maximum atomic E-state index is 5.65. The molecule has 80 valence electrons. The average Bonchev–Trinajstić information content (AvgIpc) is 2.64. The number of fused-ring (bicyclic) bond motifs is 1. The topological polar surface area (TPSA) is 64.1 Å². The Morgan fingerprint density at radius 2 is 2.27 bits per heavy atom. The Bertz CT molecular complexity index is 462. The number of hydrogen-bond donors (Lipinski definition) is 2. The summed E-state index contributed by atoms with van der Waals surface area (Å²) in [5, 5.41) is 3.34. The molecule has 0 aliphatic rings. The van der Waals surface area contributed by atoms with Crippen LogP contribution in [0.2, 0.25) is 0 Å². The van der Waals surface area contributed by atoms with Gasteiger partial charge in [0.2, 0.25) is 0 Å². The predicted molar refractivity (Wildman–Crippen MR) is 60.8 cm³/mol. The Morgan fingerprint density at radius 1 is 1.47 bits per heavy atom. The molecule has 1 aromatic heterocycles. The van der Waals surface area contributed by atoms with Crippen molar-refractivity contribution in [1.29, 1.82) is 0 Å². The van der Waals surface area contributed by atoms with E-state index in [0.29, 0.717) is 6.54 Å². The molecule has 3 N–H and O–H groups in total. The molecule has 0 unspecified atom stereocenters. The lowest BCUT2D eigenvalue weighted by Gasteiger charge is -2.25. The largest absolute Gasteiger partial charge is 0.443 e. The van der Waals surface area contributed by atoms with Crippen LogP contribution in [-0.4, -0.2) is 17.1 Å². The smallest absolute Gasteiger partial charge is 0.181 e. The minimum atomic E-state index is -0.117. The third-order valence-electron chi connectivity index (χ3n) is 2.32. The second-order valence-electron chi connectivity index (χ2n) is 4.25. The summed E-state index contributed by atoms with van der Waals surface area (Å²) in [7, 11) is 0. The molecule has 2 aromatic rings. The van der Waals surface area contributed by atoms with Gasteiger partial charge in [0.25, 0.3) is 0 Å². The molecule has 0 fully saturated rings. The maximum absolute atomic E-state index is 5.65. The summed E-state index contributed by atoms with van der Waals surface area (Å²) >= 11 is 0. The first-order valence-corrected chi connectivity index (χ1v) is 4.92. The van der Waals surface area contributed by atoms with E-state index >= 15 is 0 Å². The van der Waals surface area contributed by atoms with Crippen LogP contribution in [0.5, 0.6) is 0 Å². The van der Waals surface area contributed by atoms with Crippen LogP contribution in [0, 0.1) is 0 Å². The van der Waals surface area contributed by atoms with Crippen LogP contribution < -0.4 is 11.1 Å². The molecule has 1 aromatic carbocycles. The summed E-state index contributed by atoms with van der Waals surface area (Å²) in [4.78, 5) is 4.06. The van der Waals surface area contributed by atoms with Gasteiger partial charge in [-0.3, -0.25) is 0 Å². The minimum absolute atomic E-state index is 0.117. The van der Waals surface area contributed by atoms with E-state index in [9.17, 15) is 0 Å². The molecule has 15 heavy (non-hydrogen) atoms. The van der Waals surface area contributed by atoms with Crippen molar-refractivity contribution in [3.05, 3.63) is 24.6 Å². The average molecular weight is 205 g/mol. The van der Waals surface area contributed by atoms with Gasteiger partial charge in [-0.2, -0.15) is 0 Å². The normalized spacial score (nSPS) is 11.9. The number of hydrogen-bond acceptors (Lipinski definition) is 4. The lowest BCUT2D eigenvalue weighted by Crippen LogP contribution is -2.39. The number of oxazole rings is 1. The third kappa shape index (κ3) is 2.10. The van der Waals surface area contributed by atoms with Gasteiger partial charge in [-0.25, -0.2) is 4.98 Å². The van der Waals surface area contributed by atoms with Gasteiger partial charge >= 0.3 is 0 Å². The van der Waals surface area contributed by atoms with E-state index in [1.54, 1.807) is 0 Å². The molecule has 0 aliphatic carbocycles. The van der Waals surface area contributed by atoms with Crippen molar-refractivity contribution in [2.75, 3.05) is 11.9 Å². The van der Waals surface area contributed by atoms with Gasteiger partial charge in [-0.15, -0.1) is 0 Å². The quantitative estimate of drug-likeness (QED) is 0.804. The third-order valence-corrected chi connectivity index (χ3v) is 2.32. The first-order valence-electron chi connectivity index (χ1n) is 4.92. The van der Waals surface area contributed by atoms with Gasteiger partial charge in [-0.05, 0) is 26.0 Å². The molecule has 0 saturated carbocycles. The van der Waals surface area contributed by atoms with E-state index in [1.165, 1.54) is 6.39 Å². The number of nitrogens with zero attached hydrogens (tertiary/aromatic N) is 1. The fourth-order valence-corrected chi connectivity index (χ4v) is 1.37. The lowest BCUT2D eigenvalue weighted by molar-refractivity contribution is 0.579. The molecule has 0 saturated heterocycles. The van der Waals surface area contributed by atoms with Crippen molar-refractivity contribution in [1.82, 2.24) is 4.98 Å². The van der Waals surface area contributed by atoms with E-state index in [4.69, 9.17) is 10.2 Å². The van der Waals surface area contributed by atoms with Crippen LogP contribution in [0.15, 0.2) is 29.0 Å². The molecule has 0 bridgehead atoms. The van der Waals surface area contributed by atoms with Crippen molar-refractivity contribution in [3.8, 4) is 0 Å². The van der Waals surface area contributed by atoms with Crippen LogP contribution in [-0.2, 0) is 0 Å². The van der Waals surface area contributed by atoms with Gasteiger partial charge in [0.1, 0.15) is 5.52 Å². The molecule has 0 spiro atoms. The maximum Gasteiger partial charge on any atom is 0.181 e. The van der Waals surface area contributed by atoms with Crippen LogP contribution in [0.4, 0.5) is 5.69 Å². The molecule has 4 heteroatoms. The molecule has 0 amide bonds. The van der Waals surface area contributed by atoms with E-state index < -0.39 is 0 Å². The predicted octanol–water partition coefficient (Wildman–Crippen LogP) is 1.98. The molecule has 2 rings (SSSR count). The van der Waals surface area contributed by atoms with Gasteiger partial charge in [0.15, 0.2) is 12.0 Å². The van der Waals surface area contributed by atoms with Gasteiger partial charge in [-0.1, -0.05) is 0 Å². The highest BCUT2D eigenvalue weighted by molar-refractivity contribution is 5.76. The summed E-state index contributed by atoms with van der Waals surface area (Å²) < 4.78 is 5.22. The highest BCUT2D eigenvalue weighted by Gasteiger charge is 2.14. The summed E-state index contributed by atoms with van der Waals surface area (Å²) in [6.45, 7) is 4.68. The first-order chi connectivity index (χ1) is 7.11. The highest BCUT2D eigenvalue weighted by atomic mass is 16.3. The number of nitrogens with two attached hydrogens (primary N) is 1. The van der Waals surface area contributed by atoms with E-state index in [2.05, 4.69) is 24.1 Å². The standard InChI is InChI=1S/C11H15N3O/c1-11(2,6-12)14-8-3-4-9-10(5-8)15-7-13-9/h3-5,7,14H,6,12H2,1-2H3. The Balaban J connectivity index is 2.28. The van der Waals surface area contributed by atoms with Crippen molar-refractivity contribution >= 4 is 16.8 Å². The van der Waals surface area contributed by atoms with Crippen LogP contribution >= 0.6 is 0 Å².